The van der Waals surface area contributed by atoms with Gasteiger partial charge in [0.25, 0.3) is 0 Å². The highest BCUT2D eigenvalue weighted by Crippen LogP contribution is 2.35. The summed E-state index contributed by atoms with van der Waals surface area (Å²) in [5, 5.41) is 4.67. The van der Waals surface area contributed by atoms with Crippen molar-refractivity contribution in [2.45, 2.75) is 25.6 Å². The van der Waals surface area contributed by atoms with Gasteiger partial charge in [0.05, 0.1) is 23.4 Å². The number of halogens is 4. The maximum Gasteiger partial charge on any atom is 0.416 e. The van der Waals surface area contributed by atoms with Crippen LogP contribution in [0.3, 0.4) is 0 Å². The molecule has 1 atom stereocenters. The Bertz CT molecular complexity index is 1260. The summed E-state index contributed by atoms with van der Waals surface area (Å²) in [4.78, 5) is 16.7. The van der Waals surface area contributed by atoms with Crippen molar-refractivity contribution >= 4 is 33.0 Å². The van der Waals surface area contributed by atoms with E-state index in [0.29, 0.717) is 16.1 Å². The normalized spacial score (nSPS) is 12.9. The van der Waals surface area contributed by atoms with Gasteiger partial charge in [-0.2, -0.15) is 13.2 Å². The number of hydrogen-bond donors (Lipinski definition) is 2. The lowest BCUT2D eigenvalue weighted by atomic mass is 9.99. The van der Waals surface area contributed by atoms with Gasteiger partial charge < -0.3 is 5.32 Å². The number of anilines is 1. The molecule has 0 fully saturated rings. The fourth-order valence-electron chi connectivity index (χ4n) is 3.03. The smallest absolute Gasteiger partial charge is 0.351 e. The molecule has 3 aromatic rings. The van der Waals surface area contributed by atoms with Crippen molar-refractivity contribution in [3.05, 3.63) is 70.5 Å². The van der Waals surface area contributed by atoms with Crippen LogP contribution in [0, 0.1) is 5.82 Å². The summed E-state index contributed by atoms with van der Waals surface area (Å²) >= 11 is 1.17. The van der Waals surface area contributed by atoms with Gasteiger partial charge in [0.1, 0.15) is 10.8 Å². The third-order valence-corrected chi connectivity index (χ3v) is 6.13. The second-order valence-electron chi connectivity index (χ2n) is 7.26. The Balaban J connectivity index is 1.77. The molecule has 0 spiro atoms. The molecule has 6 nitrogen and oxygen atoms in total. The van der Waals surface area contributed by atoms with Gasteiger partial charge in [-0.15, -0.1) is 11.3 Å². The minimum Gasteiger partial charge on any atom is -0.351 e. The molecule has 1 aromatic heterocycles. The van der Waals surface area contributed by atoms with Crippen molar-refractivity contribution in [1.29, 1.82) is 0 Å². The molecule has 0 aliphatic heterocycles. The van der Waals surface area contributed by atoms with Gasteiger partial charge in [-0.25, -0.2) is 17.8 Å². The number of carbonyl (C=O) groups is 1. The molecule has 2 aromatic carbocycles. The van der Waals surface area contributed by atoms with Crippen molar-refractivity contribution < 1.29 is 30.8 Å². The Kier molecular flexibility index (Phi) is 7.08. The van der Waals surface area contributed by atoms with Gasteiger partial charge in [0.2, 0.25) is 15.9 Å². The van der Waals surface area contributed by atoms with Crippen LogP contribution in [0.1, 0.15) is 29.5 Å². The molecule has 12 heteroatoms. The van der Waals surface area contributed by atoms with Crippen LogP contribution in [0.2, 0.25) is 0 Å². The largest absolute Gasteiger partial charge is 0.416 e. The minimum absolute atomic E-state index is 0.0631. The first-order valence-electron chi connectivity index (χ1n) is 9.50. The fourth-order valence-corrected chi connectivity index (χ4v) is 4.29. The lowest BCUT2D eigenvalue weighted by molar-refractivity contribution is -0.137. The summed E-state index contributed by atoms with van der Waals surface area (Å²) in [6.07, 6.45) is -2.16. The first-order chi connectivity index (χ1) is 15.3. The number of hydrogen-bond acceptors (Lipinski definition) is 5. The molecule has 1 amide bonds. The van der Waals surface area contributed by atoms with Crippen LogP contribution in [-0.4, -0.2) is 25.6 Å². The summed E-state index contributed by atoms with van der Waals surface area (Å²) in [5.41, 5.74) is -0.0647. The Hall–Kier alpha value is -2.99. The number of aromatic nitrogens is 1. The molecule has 1 unspecified atom stereocenters. The maximum absolute atomic E-state index is 14.2. The molecule has 0 aliphatic rings. The van der Waals surface area contributed by atoms with Crippen LogP contribution in [0.25, 0.3) is 10.6 Å². The van der Waals surface area contributed by atoms with Gasteiger partial charge in [-0.1, -0.05) is 12.1 Å². The van der Waals surface area contributed by atoms with Crippen molar-refractivity contribution in [2.75, 3.05) is 11.0 Å². The highest BCUT2D eigenvalue weighted by atomic mass is 32.2. The molecular weight excluding hydrogens is 482 g/mol. The van der Waals surface area contributed by atoms with Gasteiger partial charge in [-0.3, -0.25) is 9.52 Å². The molecule has 2 N–H and O–H groups in total. The topological polar surface area (TPSA) is 88.2 Å². The number of rotatable bonds is 7. The van der Waals surface area contributed by atoms with E-state index in [1.165, 1.54) is 42.7 Å². The first-order valence-corrected chi connectivity index (χ1v) is 12.3. The van der Waals surface area contributed by atoms with Crippen LogP contribution in [0.4, 0.5) is 23.2 Å². The van der Waals surface area contributed by atoms with Crippen LogP contribution in [0.15, 0.2) is 48.0 Å². The van der Waals surface area contributed by atoms with Crippen molar-refractivity contribution in [3.63, 3.8) is 0 Å². The van der Waals surface area contributed by atoms with Crippen LogP contribution in [0.5, 0.6) is 0 Å². The standard InChI is InChI=1S/C21H19F4N3O3S2/c1-12(13-4-6-18(17(22)9-13)28-33(2,30)31)19(29)27-11-14-3-5-15(21(23,24)25)10-16(14)20-26-7-8-32-20/h3-10,12,28H,11H2,1-2H3,(H,27,29). The number of carbonyl (C=O) groups excluding carboxylic acids is 1. The number of nitrogens with zero attached hydrogens (tertiary/aromatic N) is 1. The van der Waals surface area contributed by atoms with Crippen molar-refractivity contribution in [3.8, 4) is 10.6 Å². The molecule has 0 saturated carbocycles. The molecule has 0 bridgehead atoms. The number of alkyl halides is 3. The summed E-state index contributed by atoms with van der Waals surface area (Å²) in [6, 6.07) is 6.90. The van der Waals surface area contributed by atoms with Crippen LogP contribution >= 0.6 is 11.3 Å². The number of amides is 1. The van der Waals surface area contributed by atoms with Gasteiger partial charge in [0.15, 0.2) is 0 Å². The average Bonchev–Trinajstić information content (AvgIpc) is 3.26. The quantitative estimate of drug-likeness (QED) is 0.457. The SMILES string of the molecule is CC(C(=O)NCc1ccc(C(F)(F)F)cc1-c1nccs1)c1ccc(NS(C)(=O)=O)c(F)c1. The third kappa shape index (κ3) is 6.29. The van der Waals surface area contributed by atoms with Crippen LogP contribution < -0.4 is 10.0 Å². The van der Waals surface area contributed by atoms with E-state index >= 15 is 0 Å². The molecule has 1 heterocycles. The maximum atomic E-state index is 14.2. The fraction of sp³-hybridized carbons (Fsp3) is 0.238. The lowest BCUT2D eigenvalue weighted by Gasteiger charge is -2.16. The Labute approximate surface area is 191 Å². The Morgan fingerprint density at radius 1 is 1.18 bits per heavy atom. The van der Waals surface area contributed by atoms with Gasteiger partial charge >= 0.3 is 6.18 Å². The zero-order chi connectivity index (χ0) is 24.4. The van der Waals surface area contributed by atoms with E-state index in [0.717, 1.165) is 24.5 Å². The summed E-state index contributed by atoms with van der Waals surface area (Å²) in [7, 11) is -3.67. The summed E-state index contributed by atoms with van der Waals surface area (Å²) < 4.78 is 78.3. The Morgan fingerprint density at radius 2 is 1.91 bits per heavy atom. The van der Waals surface area contributed by atoms with Crippen molar-refractivity contribution in [2.24, 2.45) is 0 Å². The molecule has 0 radical (unpaired) electrons. The number of thiazole rings is 1. The van der Waals surface area contributed by atoms with E-state index in [1.807, 2.05) is 4.72 Å². The molecule has 3 rings (SSSR count). The molecule has 0 saturated heterocycles. The van der Waals surface area contributed by atoms with E-state index in [4.69, 9.17) is 0 Å². The molecule has 176 valence electrons. The van der Waals surface area contributed by atoms with E-state index in [-0.39, 0.29) is 17.8 Å². The number of sulfonamides is 1. The minimum atomic E-state index is -4.52. The third-order valence-electron chi connectivity index (χ3n) is 4.73. The average molecular weight is 502 g/mol. The second-order valence-corrected chi connectivity index (χ2v) is 9.90. The monoisotopic (exact) mass is 501 g/mol. The number of benzene rings is 2. The van der Waals surface area contributed by atoms with E-state index < -0.39 is 39.4 Å². The summed E-state index contributed by atoms with van der Waals surface area (Å²) in [5.74, 6) is -2.13. The number of nitrogens with one attached hydrogen (secondary N) is 2. The zero-order valence-corrected chi connectivity index (χ0v) is 19.0. The van der Waals surface area contributed by atoms with Crippen LogP contribution in [-0.2, 0) is 27.5 Å². The van der Waals surface area contributed by atoms with E-state index in [9.17, 15) is 30.8 Å². The van der Waals surface area contributed by atoms with E-state index in [1.54, 1.807) is 5.38 Å². The molecule has 0 aliphatic carbocycles. The van der Waals surface area contributed by atoms with Gasteiger partial charge in [0, 0.05) is 23.7 Å². The summed E-state index contributed by atoms with van der Waals surface area (Å²) in [6.45, 7) is 1.47. The van der Waals surface area contributed by atoms with Gasteiger partial charge in [-0.05, 0) is 42.3 Å². The van der Waals surface area contributed by atoms with Crippen molar-refractivity contribution in [1.82, 2.24) is 10.3 Å². The highest BCUT2D eigenvalue weighted by molar-refractivity contribution is 7.92. The zero-order valence-electron chi connectivity index (χ0n) is 17.4. The lowest BCUT2D eigenvalue weighted by Crippen LogP contribution is -2.28. The molecule has 33 heavy (non-hydrogen) atoms. The Morgan fingerprint density at radius 3 is 2.48 bits per heavy atom. The predicted molar refractivity (Wildman–Crippen MR) is 118 cm³/mol. The predicted octanol–water partition coefficient (Wildman–Crippen LogP) is 4.76. The second kappa shape index (κ2) is 9.48. The first kappa shape index (κ1) is 24.6. The molecular formula is C21H19F4N3O3S2. The van der Waals surface area contributed by atoms with E-state index in [2.05, 4.69) is 10.3 Å². The highest BCUT2D eigenvalue weighted by Gasteiger charge is 2.31.